The van der Waals surface area contributed by atoms with Crippen LogP contribution in [0.3, 0.4) is 0 Å². The molecular formula is C51H32SSe. The Bertz CT molecular complexity index is 3120. The van der Waals surface area contributed by atoms with Crippen LogP contribution in [0.2, 0.25) is 0 Å². The van der Waals surface area contributed by atoms with Crippen LogP contribution in [-0.2, 0) is 0 Å². The van der Waals surface area contributed by atoms with Crippen LogP contribution in [0, 0.1) is 6.92 Å². The number of benzene rings is 9. The van der Waals surface area contributed by atoms with Gasteiger partial charge in [-0.05, 0) is 0 Å². The molecule has 2 heteroatoms. The van der Waals surface area contributed by atoms with E-state index < -0.39 is 0 Å². The second kappa shape index (κ2) is 12.2. The summed E-state index contributed by atoms with van der Waals surface area (Å²) in [5, 5.41) is 13.2. The van der Waals surface area contributed by atoms with Crippen LogP contribution in [0.1, 0.15) is 4.88 Å². The van der Waals surface area contributed by atoms with Crippen LogP contribution in [0.15, 0.2) is 176 Å². The second-order valence-corrected chi connectivity index (χ2v) is 17.5. The molecule has 0 saturated heterocycles. The van der Waals surface area contributed by atoms with Crippen LogP contribution in [0.25, 0.3) is 106 Å². The normalized spacial score (nSPS) is 11.9. The Labute approximate surface area is 318 Å². The van der Waals surface area contributed by atoms with Gasteiger partial charge in [0, 0.05) is 0 Å². The maximum absolute atomic E-state index is 2.51. The molecule has 0 N–H and O–H groups in total. The quantitative estimate of drug-likeness (QED) is 0.124. The molecule has 0 aliphatic heterocycles. The topological polar surface area (TPSA) is 0 Å². The molecule has 0 radical (unpaired) electrons. The van der Waals surface area contributed by atoms with E-state index >= 15 is 0 Å². The van der Waals surface area contributed by atoms with Gasteiger partial charge >= 0.3 is 320 Å². The molecule has 0 aliphatic carbocycles. The fourth-order valence-corrected chi connectivity index (χ4v) is 12.1. The average Bonchev–Trinajstić information content (AvgIpc) is 3.82. The number of fused-ring (bicyclic) bond motifs is 7. The average molecular weight is 756 g/mol. The monoisotopic (exact) mass is 756 g/mol. The first-order valence-corrected chi connectivity index (χ1v) is 20.7. The van der Waals surface area contributed by atoms with Crippen LogP contribution in [-0.4, -0.2) is 14.5 Å². The molecule has 0 unspecified atom stereocenters. The number of hydrogen-bond acceptors (Lipinski definition) is 1. The first-order chi connectivity index (χ1) is 26.2. The third-order valence-electron chi connectivity index (χ3n) is 11.0. The zero-order valence-corrected chi connectivity index (χ0v) is 31.6. The predicted molar refractivity (Wildman–Crippen MR) is 233 cm³/mol. The summed E-state index contributed by atoms with van der Waals surface area (Å²) >= 11 is 2.11. The minimum absolute atomic E-state index is 0.223. The van der Waals surface area contributed by atoms with Crippen molar-refractivity contribution in [3.63, 3.8) is 0 Å². The molecule has 11 aromatic rings. The molecule has 0 amide bonds. The molecule has 2 heterocycles. The molecule has 11 rings (SSSR count). The standard InChI is InChI=1S/C51H32SSe/c1-31-26-28-44(52-31)50-40-22-11-9-20-38(40)49(39-21-10-12-23-41(39)50)42-24-13-25-46-51(42)43-30-33(27-29-45(43)53-46)48-36-18-7-5-16-34(36)47(32-14-3-2-4-15-32)35-17-6-8-19-37(35)48/h2-30H,1H3. The molecule has 2 aromatic heterocycles. The van der Waals surface area contributed by atoms with E-state index in [0.29, 0.717) is 0 Å². The number of hydrogen-bond donors (Lipinski definition) is 0. The summed E-state index contributed by atoms with van der Waals surface area (Å²) in [6, 6.07) is 65.9. The van der Waals surface area contributed by atoms with E-state index in [4.69, 9.17) is 0 Å². The molecule has 0 saturated carbocycles. The molecule has 53 heavy (non-hydrogen) atoms. The van der Waals surface area contributed by atoms with Crippen molar-refractivity contribution >= 4 is 88.2 Å². The summed E-state index contributed by atoms with van der Waals surface area (Å²) in [6.07, 6.45) is 0. The van der Waals surface area contributed by atoms with E-state index in [1.165, 1.54) is 111 Å². The van der Waals surface area contributed by atoms with Crippen LogP contribution >= 0.6 is 11.3 Å². The number of aryl methyl sites for hydroxylation is 1. The third kappa shape index (κ3) is 4.74. The summed E-state index contributed by atoms with van der Waals surface area (Å²) < 4.78 is 2.92. The van der Waals surface area contributed by atoms with E-state index in [0.717, 1.165) is 0 Å². The fraction of sp³-hybridized carbons (Fsp3) is 0.0196. The van der Waals surface area contributed by atoms with Gasteiger partial charge in [0.15, 0.2) is 0 Å². The van der Waals surface area contributed by atoms with Gasteiger partial charge in [-0.1, -0.05) is 0 Å². The van der Waals surface area contributed by atoms with Crippen molar-refractivity contribution in [1.82, 2.24) is 0 Å². The van der Waals surface area contributed by atoms with Crippen molar-refractivity contribution < 1.29 is 0 Å². The Morgan fingerprint density at radius 1 is 0.358 bits per heavy atom. The van der Waals surface area contributed by atoms with Gasteiger partial charge in [-0.25, -0.2) is 0 Å². The van der Waals surface area contributed by atoms with Gasteiger partial charge in [0.25, 0.3) is 0 Å². The fourth-order valence-electron chi connectivity index (χ4n) is 8.80. The third-order valence-corrected chi connectivity index (χ3v) is 14.4. The SMILES string of the molecule is Cc1ccc(-c2c3ccccc3c(-c3cccc4[se]c5ccc(-c6c7ccccc7c(-c7ccccc7)c7ccccc67)cc5c34)c3ccccc23)s1. The molecule has 0 fully saturated rings. The Balaban J connectivity index is 1.23. The zero-order valence-electron chi connectivity index (χ0n) is 29.1. The van der Waals surface area contributed by atoms with E-state index in [1.807, 2.05) is 11.3 Å². The molecule has 0 spiro atoms. The maximum atomic E-state index is 2.51. The van der Waals surface area contributed by atoms with Gasteiger partial charge in [0.1, 0.15) is 0 Å². The minimum atomic E-state index is 0.223. The van der Waals surface area contributed by atoms with Gasteiger partial charge in [-0.15, -0.1) is 0 Å². The van der Waals surface area contributed by atoms with Crippen molar-refractivity contribution in [3.8, 4) is 43.8 Å². The molecule has 0 bridgehead atoms. The summed E-state index contributed by atoms with van der Waals surface area (Å²) in [7, 11) is 0. The second-order valence-electron chi connectivity index (χ2n) is 14.0. The summed E-state index contributed by atoms with van der Waals surface area (Å²) in [4.78, 5) is 2.67. The van der Waals surface area contributed by atoms with Gasteiger partial charge in [-0.2, -0.15) is 0 Å². The van der Waals surface area contributed by atoms with Gasteiger partial charge in [0.05, 0.1) is 0 Å². The zero-order chi connectivity index (χ0) is 35.0. The van der Waals surface area contributed by atoms with Crippen molar-refractivity contribution in [2.75, 3.05) is 0 Å². The summed E-state index contributed by atoms with van der Waals surface area (Å²) in [5.41, 5.74) is 9.14. The Hall–Kier alpha value is -5.76. The predicted octanol–water partition coefficient (Wildman–Crippen LogP) is 14.7. The molecule has 0 aliphatic rings. The molecule has 9 aromatic carbocycles. The Morgan fingerprint density at radius 3 is 1.42 bits per heavy atom. The van der Waals surface area contributed by atoms with Crippen molar-refractivity contribution in [2.24, 2.45) is 0 Å². The number of rotatable bonds is 4. The summed E-state index contributed by atoms with van der Waals surface area (Å²) in [6.45, 7) is 2.21. The molecule has 0 nitrogen and oxygen atoms in total. The van der Waals surface area contributed by atoms with Gasteiger partial charge < -0.3 is 0 Å². The van der Waals surface area contributed by atoms with Gasteiger partial charge in [-0.3, -0.25) is 0 Å². The van der Waals surface area contributed by atoms with Crippen molar-refractivity contribution in [3.05, 3.63) is 181 Å². The molecule has 248 valence electrons. The Kier molecular flexibility index (Phi) is 7.07. The van der Waals surface area contributed by atoms with E-state index in [2.05, 4.69) is 183 Å². The van der Waals surface area contributed by atoms with Crippen LogP contribution < -0.4 is 0 Å². The first kappa shape index (κ1) is 30.8. The van der Waals surface area contributed by atoms with Crippen LogP contribution in [0.5, 0.6) is 0 Å². The molecular weight excluding hydrogens is 724 g/mol. The van der Waals surface area contributed by atoms with E-state index in [1.54, 1.807) is 0 Å². The Morgan fingerprint density at radius 2 is 0.868 bits per heavy atom. The van der Waals surface area contributed by atoms with Crippen LogP contribution in [0.4, 0.5) is 0 Å². The van der Waals surface area contributed by atoms with Crippen molar-refractivity contribution in [2.45, 2.75) is 6.92 Å². The van der Waals surface area contributed by atoms with E-state index in [9.17, 15) is 0 Å². The first-order valence-electron chi connectivity index (χ1n) is 18.2. The molecule has 0 atom stereocenters. The number of thiophene rings is 1. The van der Waals surface area contributed by atoms with Gasteiger partial charge in [0.2, 0.25) is 0 Å². The van der Waals surface area contributed by atoms with Crippen molar-refractivity contribution in [1.29, 1.82) is 0 Å². The van der Waals surface area contributed by atoms with E-state index in [-0.39, 0.29) is 14.5 Å². The summed E-state index contributed by atoms with van der Waals surface area (Å²) in [5.74, 6) is 0.